The van der Waals surface area contributed by atoms with E-state index in [-0.39, 0.29) is 18.3 Å². The van der Waals surface area contributed by atoms with Crippen molar-refractivity contribution in [3.63, 3.8) is 0 Å². The van der Waals surface area contributed by atoms with E-state index in [4.69, 9.17) is 21.1 Å². The molecule has 2 aromatic rings. The molecule has 0 aliphatic heterocycles. The Labute approximate surface area is 165 Å². The number of carbonyl (C=O) groups excluding carboxylic acids is 1. The van der Waals surface area contributed by atoms with E-state index in [9.17, 15) is 4.79 Å². The Bertz CT molecular complexity index is 726. The van der Waals surface area contributed by atoms with E-state index in [2.05, 4.69) is 5.32 Å². The van der Waals surface area contributed by atoms with Gasteiger partial charge in [-0.3, -0.25) is 4.79 Å². The monoisotopic (exact) mass is 398 g/mol. The minimum absolute atomic E-state index is 0. The van der Waals surface area contributed by atoms with E-state index >= 15 is 0 Å². The molecule has 0 unspecified atom stereocenters. The average molecular weight is 399 g/mol. The molecule has 1 amide bonds. The fourth-order valence-electron chi connectivity index (χ4n) is 2.29. The van der Waals surface area contributed by atoms with Crippen LogP contribution in [0.5, 0.6) is 11.5 Å². The Balaban J connectivity index is 0.00000338. The number of halogens is 2. The molecule has 0 saturated carbocycles. The number of likely N-dealkylation sites (N-methyl/N-ethyl adjacent to an activating group) is 2. The summed E-state index contributed by atoms with van der Waals surface area (Å²) in [5, 5.41) is 3.68. The van der Waals surface area contributed by atoms with Crippen molar-refractivity contribution in [3.05, 3.63) is 58.6 Å². The molecule has 0 heterocycles. The van der Waals surface area contributed by atoms with Crippen molar-refractivity contribution in [2.24, 2.45) is 0 Å². The summed E-state index contributed by atoms with van der Waals surface area (Å²) in [5.74, 6) is 1.02. The van der Waals surface area contributed by atoms with Gasteiger partial charge in [0, 0.05) is 36.3 Å². The summed E-state index contributed by atoms with van der Waals surface area (Å²) in [6.07, 6.45) is 0. The summed E-state index contributed by atoms with van der Waals surface area (Å²) in [6.45, 7) is 1.69. The van der Waals surface area contributed by atoms with Crippen molar-refractivity contribution in [2.75, 3.05) is 34.3 Å². The summed E-state index contributed by atoms with van der Waals surface area (Å²) < 4.78 is 11.2. The first-order valence-electron chi connectivity index (χ1n) is 8.01. The van der Waals surface area contributed by atoms with Crippen LogP contribution in [0, 0.1) is 0 Å². The minimum atomic E-state index is -0.0637. The molecule has 0 aliphatic carbocycles. The predicted molar refractivity (Wildman–Crippen MR) is 107 cm³/mol. The van der Waals surface area contributed by atoms with E-state index in [0.29, 0.717) is 35.2 Å². The Hall–Kier alpha value is -1.95. The van der Waals surface area contributed by atoms with Crippen LogP contribution in [0.3, 0.4) is 0 Å². The molecule has 0 saturated heterocycles. The van der Waals surface area contributed by atoms with E-state index in [1.807, 2.05) is 31.3 Å². The van der Waals surface area contributed by atoms with Gasteiger partial charge in [-0.1, -0.05) is 29.8 Å². The SMILES string of the molecule is CNCCN(C)C(=O)c1ccc(OCc2ccccc2Cl)c(OC)c1.Cl. The first kappa shape index (κ1) is 22.1. The van der Waals surface area contributed by atoms with Gasteiger partial charge in [0.15, 0.2) is 11.5 Å². The number of hydrogen-bond acceptors (Lipinski definition) is 4. The molecule has 0 radical (unpaired) electrons. The number of benzene rings is 2. The average Bonchev–Trinajstić information content (AvgIpc) is 2.64. The van der Waals surface area contributed by atoms with E-state index in [0.717, 1.165) is 12.1 Å². The lowest BCUT2D eigenvalue weighted by Gasteiger charge is -2.18. The third kappa shape index (κ3) is 5.80. The molecule has 142 valence electrons. The number of rotatable bonds is 8. The van der Waals surface area contributed by atoms with E-state index < -0.39 is 0 Å². The zero-order chi connectivity index (χ0) is 18.2. The fraction of sp³-hybridized carbons (Fsp3) is 0.316. The van der Waals surface area contributed by atoms with E-state index in [1.165, 1.54) is 0 Å². The predicted octanol–water partition coefficient (Wildman–Crippen LogP) is 3.64. The van der Waals surface area contributed by atoms with Crippen LogP contribution < -0.4 is 14.8 Å². The molecular formula is C19H24Cl2N2O3. The molecule has 0 bridgehead atoms. The second-order valence-corrected chi connectivity index (χ2v) is 5.98. The topological polar surface area (TPSA) is 50.8 Å². The van der Waals surface area contributed by atoms with Crippen LogP contribution in [0.15, 0.2) is 42.5 Å². The Morgan fingerprint density at radius 3 is 2.58 bits per heavy atom. The first-order chi connectivity index (χ1) is 12.1. The molecule has 0 aliphatic rings. The number of nitrogens with zero attached hydrogens (tertiary/aromatic N) is 1. The van der Waals surface area contributed by atoms with Gasteiger partial charge in [-0.2, -0.15) is 0 Å². The highest BCUT2D eigenvalue weighted by atomic mass is 35.5. The largest absolute Gasteiger partial charge is 0.493 e. The maximum atomic E-state index is 12.4. The lowest BCUT2D eigenvalue weighted by Crippen LogP contribution is -2.32. The van der Waals surface area contributed by atoms with Crippen LogP contribution in [0.25, 0.3) is 0 Å². The molecule has 7 heteroatoms. The lowest BCUT2D eigenvalue weighted by atomic mass is 10.1. The molecule has 2 rings (SSSR count). The van der Waals surface area contributed by atoms with Gasteiger partial charge in [-0.15, -0.1) is 12.4 Å². The van der Waals surface area contributed by atoms with Gasteiger partial charge in [0.05, 0.1) is 7.11 Å². The van der Waals surface area contributed by atoms with Crippen molar-refractivity contribution in [1.29, 1.82) is 0 Å². The standard InChI is InChI=1S/C19H23ClN2O3.ClH/c1-21-10-11-22(2)19(23)14-8-9-17(18(12-14)24-3)25-13-15-6-4-5-7-16(15)20;/h4-9,12,21H,10-11,13H2,1-3H3;1H. The number of methoxy groups -OCH3 is 1. The molecule has 0 spiro atoms. The lowest BCUT2D eigenvalue weighted by molar-refractivity contribution is 0.0796. The number of nitrogens with one attached hydrogen (secondary N) is 1. The minimum Gasteiger partial charge on any atom is -0.493 e. The van der Waals surface area contributed by atoms with Crippen molar-refractivity contribution < 1.29 is 14.3 Å². The maximum absolute atomic E-state index is 12.4. The number of hydrogen-bond donors (Lipinski definition) is 1. The van der Waals surface area contributed by atoms with Gasteiger partial charge < -0.3 is 19.7 Å². The van der Waals surface area contributed by atoms with Crippen LogP contribution in [0.1, 0.15) is 15.9 Å². The van der Waals surface area contributed by atoms with Gasteiger partial charge in [0.2, 0.25) is 0 Å². The molecule has 5 nitrogen and oxygen atoms in total. The Morgan fingerprint density at radius 2 is 1.92 bits per heavy atom. The highest BCUT2D eigenvalue weighted by molar-refractivity contribution is 6.31. The maximum Gasteiger partial charge on any atom is 0.253 e. The molecular weight excluding hydrogens is 375 g/mol. The third-order valence-corrected chi connectivity index (χ3v) is 4.16. The molecule has 26 heavy (non-hydrogen) atoms. The molecule has 0 aromatic heterocycles. The van der Waals surface area contributed by atoms with Crippen molar-refractivity contribution in [2.45, 2.75) is 6.61 Å². The number of amides is 1. The summed E-state index contributed by atoms with van der Waals surface area (Å²) in [4.78, 5) is 14.1. The highest BCUT2D eigenvalue weighted by Crippen LogP contribution is 2.30. The van der Waals surface area contributed by atoms with Crippen LogP contribution in [-0.2, 0) is 6.61 Å². The number of ether oxygens (including phenoxy) is 2. The second kappa shape index (κ2) is 10.9. The molecule has 2 aromatic carbocycles. The summed E-state index contributed by atoms with van der Waals surface area (Å²) >= 11 is 6.14. The van der Waals surface area contributed by atoms with Gasteiger partial charge in [0.1, 0.15) is 6.61 Å². The zero-order valence-electron chi connectivity index (χ0n) is 15.1. The van der Waals surface area contributed by atoms with E-state index in [1.54, 1.807) is 37.3 Å². The fourth-order valence-corrected chi connectivity index (χ4v) is 2.48. The van der Waals surface area contributed by atoms with Gasteiger partial charge in [0.25, 0.3) is 5.91 Å². The smallest absolute Gasteiger partial charge is 0.253 e. The van der Waals surface area contributed by atoms with Crippen molar-refractivity contribution >= 4 is 29.9 Å². The quantitative estimate of drug-likeness (QED) is 0.737. The third-order valence-electron chi connectivity index (χ3n) is 3.80. The van der Waals surface area contributed by atoms with Gasteiger partial charge in [-0.25, -0.2) is 0 Å². The molecule has 0 atom stereocenters. The van der Waals surface area contributed by atoms with Crippen molar-refractivity contribution in [3.8, 4) is 11.5 Å². The summed E-state index contributed by atoms with van der Waals surface area (Å²) in [5.41, 5.74) is 1.44. The van der Waals surface area contributed by atoms with Crippen LogP contribution in [0.2, 0.25) is 5.02 Å². The Morgan fingerprint density at radius 1 is 1.19 bits per heavy atom. The molecule has 1 N–H and O–H groups in total. The number of carbonyl (C=O) groups is 1. The summed E-state index contributed by atoms with van der Waals surface area (Å²) in [7, 11) is 5.18. The van der Waals surface area contributed by atoms with Crippen LogP contribution in [0.4, 0.5) is 0 Å². The van der Waals surface area contributed by atoms with Crippen LogP contribution in [-0.4, -0.2) is 45.1 Å². The summed E-state index contributed by atoms with van der Waals surface area (Å²) in [6, 6.07) is 12.7. The van der Waals surface area contributed by atoms with Crippen molar-refractivity contribution in [1.82, 2.24) is 10.2 Å². The normalized spacial score (nSPS) is 10.0. The zero-order valence-corrected chi connectivity index (χ0v) is 16.7. The second-order valence-electron chi connectivity index (χ2n) is 5.58. The van der Waals surface area contributed by atoms with Crippen LogP contribution >= 0.6 is 24.0 Å². The highest BCUT2D eigenvalue weighted by Gasteiger charge is 2.15. The Kier molecular flexibility index (Phi) is 9.27. The van der Waals surface area contributed by atoms with Gasteiger partial charge >= 0.3 is 0 Å². The molecule has 0 fully saturated rings. The van der Waals surface area contributed by atoms with Gasteiger partial charge in [-0.05, 0) is 31.3 Å². The first-order valence-corrected chi connectivity index (χ1v) is 8.39.